The summed E-state index contributed by atoms with van der Waals surface area (Å²) in [5.74, 6) is -0.102. The third-order valence-corrected chi connectivity index (χ3v) is 3.83. The van der Waals surface area contributed by atoms with Gasteiger partial charge in [0.2, 0.25) is 5.91 Å². The summed E-state index contributed by atoms with van der Waals surface area (Å²) in [7, 11) is 0. The molecular formula is C21H32N2O4. The summed E-state index contributed by atoms with van der Waals surface area (Å²) in [4.78, 5) is 34.6. The number of carbonyl (C=O) groups is 3. The molecular weight excluding hydrogens is 344 g/mol. The lowest BCUT2D eigenvalue weighted by Gasteiger charge is -2.19. The molecule has 1 unspecified atom stereocenters. The van der Waals surface area contributed by atoms with Gasteiger partial charge in [0.25, 0.3) is 0 Å². The summed E-state index contributed by atoms with van der Waals surface area (Å²) in [5.41, 5.74) is 0.687. The van der Waals surface area contributed by atoms with E-state index in [1.807, 2.05) is 51.1 Å². The third kappa shape index (κ3) is 11.8. The molecule has 150 valence electrons. The maximum absolute atomic E-state index is 12.0. The predicted molar refractivity (Wildman–Crippen MR) is 105 cm³/mol. The van der Waals surface area contributed by atoms with Crippen LogP contribution in [0.25, 0.3) is 0 Å². The second kappa shape index (κ2) is 12.1. The lowest BCUT2D eigenvalue weighted by atomic mass is 10.1. The lowest BCUT2D eigenvalue weighted by Crippen LogP contribution is -2.36. The van der Waals surface area contributed by atoms with Crippen molar-refractivity contribution in [1.29, 1.82) is 0 Å². The minimum atomic E-state index is -0.516. The second-order valence-electron chi connectivity index (χ2n) is 7.57. The average molecular weight is 376 g/mol. The van der Waals surface area contributed by atoms with E-state index in [2.05, 4.69) is 10.6 Å². The van der Waals surface area contributed by atoms with Gasteiger partial charge < -0.3 is 20.2 Å². The number of benzene rings is 1. The van der Waals surface area contributed by atoms with Gasteiger partial charge in [-0.25, -0.2) is 4.79 Å². The van der Waals surface area contributed by atoms with E-state index in [1.165, 1.54) is 5.56 Å². The SMILES string of the molecule is CC(C)(C)OC(=O)NCCCCC(C=O)NC(=O)CCCc1ccccc1. The molecule has 0 aliphatic rings. The van der Waals surface area contributed by atoms with Crippen molar-refractivity contribution in [2.24, 2.45) is 0 Å². The Hall–Kier alpha value is -2.37. The molecule has 1 aromatic rings. The Morgan fingerprint density at radius 1 is 1.11 bits per heavy atom. The Morgan fingerprint density at radius 2 is 1.81 bits per heavy atom. The first-order chi connectivity index (χ1) is 12.8. The van der Waals surface area contributed by atoms with Gasteiger partial charge >= 0.3 is 6.09 Å². The van der Waals surface area contributed by atoms with E-state index in [0.29, 0.717) is 25.8 Å². The molecule has 0 saturated carbocycles. The van der Waals surface area contributed by atoms with Gasteiger partial charge in [0.05, 0.1) is 6.04 Å². The first-order valence-electron chi connectivity index (χ1n) is 9.55. The fraction of sp³-hybridized carbons (Fsp3) is 0.571. The highest BCUT2D eigenvalue weighted by atomic mass is 16.6. The van der Waals surface area contributed by atoms with Crippen LogP contribution in [0.2, 0.25) is 0 Å². The number of hydrogen-bond acceptors (Lipinski definition) is 4. The average Bonchev–Trinajstić information content (AvgIpc) is 2.59. The van der Waals surface area contributed by atoms with Crippen LogP contribution in [0.5, 0.6) is 0 Å². The molecule has 6 nitrogen and oxygen atoms in total. The number of amides is 2. The minimum absolute atomic E-state index is 0.102. The van der Waals surface area contributed by atoms with Gasteiger partial charge in [0.15, 0.2) is 0 Å². The maximum atomic E-state index is 12.0. The van der Waals surface area contributed by atoms with E-state index in [1.54, 1.807) is 0 Å². The van der Waals surface area contributed by atoms with Crippen molar-refractivity contribution in [3.63, 3.8) is 0 Å². The number of rotatable bonds is 11. The number of alkyl carbamates (subject to hydrolysis) is 1. The zero-order valence-electron chi connectivity index (χ0n) is 16.6. The van der Waals surface area contributed by atoms with Gasteiger partial charge in [-0.05, 0) is 58.4 Å². The van der Waals surface area contributed by atoms with Gasteiger partial charge in [0.1, 0.15) is 11.9 Å². The number of hydrogen-bond donors (Lipinski definition) is 2. The molecule has 0 saturated heterocycles. The Labute approximate surface area is 162 Å². The van der Waals surface area contributed by atoms with Crippen molar-refractivity contribution in [3.05, 3.63) is 35.9 Å². The zero-order chi connectivity index (χ0) is 20.1. The zero-order valence-corrected chi connectivity index (χ0v) is 16.6. The van der Waals surface area contributed by atoms with Gasteiger partial charge in [-0.3, -0.25) is 4.79 Å². The summed E-state index contributed by atoms with van der Waals surface area (Å²) < 4.78 is 5.15. The van der Waals surface area contributed by atoms with Gasteiger partial charge in [0, 0.05) is 13.0 Å². The Morgan fingerprint density at radius 3 is 2.44 bits per heavy atom. The lowest BCUT2D eigenvalue weighted by molar-refractivity contribution is -0.124. The van der Waals surface area contributed by atoms with E-state index in [-0.39, 0.29) is 5.91 Å². The first-order valence-corrected chi connectivity index (χ1v) is 9.55. The molecule has 0 aliphatic carbocycles. The standard InChI is InChI=1S/C21H32N2O4/c1-21(2,3)27-20(26)22-15-8-7-13-18(16-24)23-19(25)14-9-12-17-10-5-4-6-11-17/h4-6,10-11,16,18H,7-9,12-15H2,1-3H3,(H,22,26)(H,23,25). The molecule has 27 heavy (non-hydrogen) atoms. The molecule has 0 radical (unpaired) electrons. The number of unbranched alkanes of at least 4 members (excludes halogenated alkanes) is 1. The molecule has 0 aliphatic heterocycles. The summed E-state index contributed by atoms with van der Waals surface area (Å²) in [6.07, 6.45) is 4.33. The van der Waals surface area contributed by atoms with Crippen LogP contribution >= 0.6 is 0 Å². The van der Waals surface area contributed by atoms with Gasteiger partial charge in [-0.2, -0.15) is 0 Å². The molecule has 6 heteroatoms. The van der Waals surface area contributed by atoms with E-state index in [9.17, 15) is 14.4 Å². The van der Waals surface area contributed by atoms with Crippen LogP contribution in [-0.2, 0) is 20.7 Å². The van der Waals surface area contributed by atoms with E-state index in [4.69, 9.17) is 4.74 Å². The summed E-state index contributed by atoms with van der Waals surface area (Å²) in [6.45, 7) is 5.91. The number of ether oxygens (including phenoxy) is 1. The van der Waals surface area contributed by atoms with Crippen molar-refractivity contribution in [3.8, 4) is 0 Å². The van der Waals surface area contributed by atoms with Crippen molar-refractivity contribution in [2.45, 2.75) is 70.9 Å². The summed E-state index contributed by atoms with van der Waals surface area (Å²) in [6, 6.07) is 9.53. The largest absolute Gasteiger partial charge is 0.444 e. The van der Waals surface area contributed by atoms with Crippen LogP contribution in [0.1, 0.15) is 58.4 Å². The molecule has 2 amide bonds. The van der Waals surface area contributed by atoms with Crippen molar-refractivity contribution < 1.29 is 19.1 Å². The highest BCUT2D eigenvalue weighted by molar-refractivity contribution is 5.79. The third-order valence-electron chi connectivity index (χ3n) is 3.83. The van der Waals surface area contributed by atoms with E-state index < -0.39 is 17.7 Å². The molecule has 0 aromatic heterocycles. The second-order valence-corrected chi connectivity index (χ2v) is 7.57. The molecule has 0 heterocycles. The van der Waals surface area contributed by atoms with Crippen molar-refractivity contribution in [2.75, 3.05) is 6.54 Å². The van der Waals surface area contributed by atoms with Crippen LogP contribution in [-0.4, -0.2) is 36.5 Å². The Kier molecular flexibility index (Phi) is 10.2. The number of nitrogens with one attached hydrogen (secondary N) is 2. The first kappa shape index (κ1) is 22.7. The molecule has 2 N–H and O–H groups in total. The summed E-state index contributed by atoms with van der Waals surface area (Å²) in [5, 5.41) is 5.44. The van der Waals surface area contributed by atoms with E-state index >= 15 is 0 Å². The van der Waals surface area contributed by atoms with Crippen molar-refractivity contribution >= 4 is 18.3 Å². The maximum Gasteiger partial charge on any atom is 0.407 e. The summed E-state index contributed by atoms with van der Waals surface area (Å²) >= 11 is 0. The number of aldehydes is 1. The van der Waals surface area contributed by atoms with Crippen molar-refractivity contribution in [1.82, 2.24) is 10.6 Å². The Balaban J connectivity index is 2.13. The predicted octanol–water partition coefficient (Wildman–Crippen LogP) is 3.39. The van der Waals surface area contributed by atoms with Crippen LogP contribution in [0, 0.1) is 0 Å². The molecule has 0 fully saturated rings. The highest BCUT2D eigenvalue weighted by Gasteiger charge is 2.15. The normalized spacial score (nSPS) is 12.1. The van der Waals surface area contributed by atoms with Gasteiger partial charge in [-0.15, -0.1) is 0 Å². The fourth-order valence-corrected chi connectivity index (χ4v) is 2.54. The minimum Gasteiger partial charge on any atom is -0.444 e. The topological polar surface area (TPSA) is 84.5 Å². The number of aryl methyl sites for hydroxylation is 1. The molecule has 1 atom stereocenters. The van der Waals surface area contributed by atoms with Crippen LogP contribution in [0.3, 0.4) is 0 Å². The molecule has 0 spiro atoms. The van der Waals surface area contributed by atoms with Crippen LogP contribution in [0.15, 0.2) is 30.3 Å². The Bertz CT molecular complexity index is 582. The molecule has 0 bridgehead atoms. The van der Waals surface area contributed by atoms with E-state index in [0.717, 1.165) is 25.5 Å². The van der Waals surface area contributed by atoms with Crippen LogP contribution in [0.4, 0.5) is 4.79 Å². The number of carbonyl (C=O) groups excluding carboxylic acids is 3. The van der Waals surface area contributed by atoms with Crippen LogP contribution < -0.4 is 10.6 Å². The monoisotopic (exact) mass is 376 g/mol. The van der Waals surface area contributed by atoms with Gasteiger partial charge in [-0.1, -0.05) is 30.3 Å². The quantitative estimate of drug-likeness (QED) is 0.458. The molecule has 1 aromatic carbocycles. The molecule has 1 rings (SSSR count). The smallest absolute Gasteiger partial charge is 0.407 e. The highest BCUT2D eigenvalue weighted by Crippen LogP contribution is 2.07. The fourth-order valence-electron chi connectivity index (χ4n) is 2.54.